The van der Waals surface area contributed by atoms with Crippen LogP contribution in [0.1, 0.15) is 0 Å². The Bertz CT molecular complexity index is 774. The molecule has 1 aromatic rings. The second kappa shape index (κ2) is 6.07. The van der Waals surface area contributed by atoms with Gasteiger partial charge in [-0.1, -0.05) is 3.77 Å². The Hall–Kier alpha value is -1.70. The molecule has 0 fully saturated rings. The van der Waals surface area contributed by atoms with Gasteiger partial charge >= 0.3 is 31.0 Å². The smallest absolute Gasteiger partial charge is 0.497 e. The lowest BCUT2D eigenvalue weighted by molar-refractivity contribution is -0.0470. The number of nitrogens with zero attached hydrogens (tertiary/aromatic N) is 1. The van der Waals surface area contributed by atoms with Crippen LogP contribution in [-0.2, 0) is 20.0 Å². The lowest BCUT2D eigenvalue weighted by atomic mass is 10.3. The lowest BCUT2D eigenvalue weighted by Gasteiger charge is -2.15. The third kappa shape index (κ3) is 4.40. The van der Waals surface area contributed by atoms with Crippen LogP contribution >= 0.6 is 0 Å². The van der Waals surface area contributed by atoms with Crippen LogP contribution in [-0.4, -0.2) is 30.8 Å². The normalized spacial score (nSPS) is 15.6. The average Bonchev–Trinajstić information content (AvgIpc) is 2.36. The molecular weight excluding hydrogens is 380 g/mol. The van der Waals surface area contributed by atoms with Crippen molar-refractivity contribution in [1.82, 2.24) is 0 Å². The fourth-order valence-electron chi connectivity index (χ4n) is 1.04. The third-order valence-corrected chi connectivity index (χ3v) is 5.21. The number of halogens is 6. The Morgan fingerprint density at radius 2 is 1.30 bits per heavy atom. The zero-order valence-electron chi connectivity index (χ0n) is 10.9. The molecule has 6 nitrogen and oxygen atoms in total. The summed E-state index contributed by atoms with van der Waals surface area (Å²) >= 11 is 0. The van der Waals surface area contributed by atoms with E-state index in [4.69, 9.17) is 0 Å². The Balaban J connectivity index is 3.43. The molecule has 0 N–H and O–H groups in total. The number of sulfonamides is 1. The molecule has 0 radical (unpaired) electrons. The van der Waals surface area contributed by atoms with Crippen molar-refractivity contribution in [2.45, 2.75) is 11.0 Å². The molecule has 0 spiro atoms. The van der Waals surface area contributed by atoms with Crippen molar-refractivity contribution in [2.75, 3.05) is 7.11 Å². The van der Waals surface area contributed by atoms with Crippen molar-refractivity contribution < 1.29 is 47.9 Å². The standard InChI is InChI=1S/C9H7F6NO5S2/c1-20-6-2-4-7(5-3-6)21-23(19,9(13,14)15)16-22(17,18)8(10,11)12/h2-5H,1H3. The van der Waals surface area contributed by atoms with E-state index in [9.17, 15) is 39.0 Å². The number of hydrogen-bond acceptors (Lipinski definition) is 5. The van der Waals surface area contributed by atoms with Gasteiger partial charge in [-0.05, 0) is 24.3 Å². The zero-order valence-corrected chi connectivity index (χ0v) is 12.5. The Morgan fingerprint density at radius 3 is 1.65 bits per heavy atom. The van der Waals surface area contributed by atoms with Gasteiger partial charge in [0.15, 0.2) is 0 Å². The summed E-state index contributed by atoms with van der Waals surface area (Å²) < 4.78 is 118. The van der Waals surface area contributed by atoms with E-state index in [1.807, 2.05) is 0 Å². The van der Waals surface area contributed by atoms with Crippen molar-refractivity contribution in [3.8, 4) is 11.5 Å². The Kier molecular flexibility index (Phi) is 5.10. The maximum Gasteiger partial charge on any atom is 0.519 e. The van der Waals surface area contributed by atoms with Gasteiger partial charge in [0.25, 0.3) is 0 Å². The summed E-state index contributed by atoms with van der Waals surface area (Å²) in [5.74, 6) is -0.676. The van der Waals surface area contributed by atoms with Crippen LogP contribution in [0.4, 0.5) is 26.3 Å². The van der Waals surface area contributed by atoms with E-state index < -0.39 is 36.8 Å². The van der Waals surface area contributed by atoms with E-state index >= 15 is 0 Å². The van der Waals surface area contributed by atoms with Gasteiger partial charge in [0.2, 0.25) is 0 Å². The van der Waals surface area contributed by atoms with Crippen molar-refractivity contribution >= 4 is 20.0 Å². The molecule has 0 aliphatic heterocycles. The van der Waals surface area contributed by atoms with Gasteiger partial charge in [-0.25, -0.2) is 0 Å². The van der Waals surface area contributed by atoms with Crippen LogP contribution in [0, 0.1) is 0 Å². The van der Waals surface area contributed by atoms with Crippen molar-refractivity contribution in [3.05, 3.63) is 24.3 Å². The predicted molar refractivity (Wildman–Crippen MR) is 65.2 cm³/mol. The van der Waals surface area contributed by atoms with Crippen molar-refractivity contribution in [3.63, 3.8) is 0 Å². The first kappa shape index (κ1) is 19.3. The summed E-state index contributed by atoms with van der Waals surface area (Å²) in [6, 6.07) is 3.65. The molecular formula is C9H7F6NO5S2. The monoisotopic (exact) mass is 387 g/mol. The molecule has 132 valence electrons. The highest BCUT2D eigenvalue weighted by molar-refractivity contribution is 8.01. The van der Waals surface area contributed by atoms with E-state index in [1.54, 1.807) is 0 Å². The molecule has 1 aromatic carbocycles. The van der Waals surface area contributed by atoms with E-state index in [2.05, 4.69) is 8.92 Å². The number of ether oxygens (including phenoxy) is 1. The molecule has 1 rings (SSSR count). The van der Waals surface area contributed by atoms with Gasteiger partial charge in [0.05, 0.1) is 7.11 Å². The highest BCUT2D eigenvalue weighted by atomic mass is 32.3. The molecule has 0 aliphatic rings. The number of rotatable bonds is 4. The molecule has 1 atom stereocenters. The third-order valence-electron chi connectivity index (χ3n) is 2.05. The van der Waals surface area contributed by atoms with Gasteiger partial charge in [-0.3, -0.25) is 0 Å². The highest BCUT2D eigenvalue weighted by Gasteiger charge is 2.53. The van der Waals surface area contributed by atoms with Gasteiger partial charge in [0.1, 0.15) is 11.5 Å². The number of benzene rings is 1. The minimum absolute atomic E-state index is 0.149. The topological polar surface area (TPSA) is 82.0 Å². The summed E-state index contributed by atoms with van der Waals surface area (Å²) in [7, 11) is -11.7. The summed E-state index contributed by atoms with van der Waals surface area (Å²) in [5.41, 5.74) is -12.2. The molecule has 14 heteroatoms. The van der Waals surface area contributed by atoms with E-state index in [-0.39, 0.29) is 5.75 Å². The number of hydrogen-bond donors (Lipinski definition) is 0. The molecule has 0 saturated heterocycles. The maximum atomic E-state index is 12.7. The summed E-state index contributed by atoms with van der Waals surface area (Å²) in [6.07, 6.45) is 0. The molecule has 0 aromatic heterocycles. The molecule has 1 unspecified atom stereocenters. The van der Waals surface area contributed by atoms with E-state index in [0.717, 1.165) is 24.3 Å². The van der Waals surface area contributed by atoms with Gasteiger partial charge in [-0.15, -0.1) is 0 Å². The fraction of sp³-hybridized carbons (Fsp3) is 0.333. The minimum Gasteiger partial charge on any atom is -0.497 e. The van der Waals surface area contributed by atoms with Gasteiger partial charge < -0.3 is 8.92 Å². The summed E-state index contributed by atoms with van der Waals surface area (Å²) in [4.78, 5) is 0. The van der Waals surface area contributed by atoms with Crippen LogP contribution < -0.4 is 8.92 Å². The van der Waals surface area contributed by atoms with Gasteiger partial charge in [0, 0.05) is 0 Å². The summed E-state index contributed by atoms with van der Waals surface area (Å²) in [5, 5.41) is 0. The minimum atomic E-state index is -6.69. The van der Waals surface area contributed by atoms with Crippen LogP contribution in [0.25, 0.3) is 0 Å². The first-order valence-corrected chi connectivity index (χ1v) is 8.09. The SMILES string of the molecule is COc1ccc(OS(=O)(=NS(=O)(=O)C(F)(F)F)C(F)(F)F)cc1. The first-order valence-electron chi connectivity index (χ1n) is 5.21. The summed E-state index contributed by atoms with van der Waals surface area (Å²) in [6.45, 7) is 0. The van der Waals surface area contributed by atoms with Gasteiger partial charge in [-0.2, -0.15) is 39.0 Å². The molecule has 0 amide bonds. The van der Waals surface area contributed by atoms with Crippen LogP contribution in [0.2, 0.25) is 0 Å². The predicted octanol–water partition coefficient (Wildman–Crippen LogP) is 2.83. The Labute approximate surface area is 126 Å². The van der Waals surface area contributed by atoms with Crippen LogP contribution in [0.3, 0.4) is 0 Å². The second-order valence-electron chi connectivity index (χ2n) is 3.68. The highest BCUT2D eigenvalue weighted by Crippen LogP contribution is 2.34. The van der Waals surface area contributed by atoms with E-state index in [1.165, 1.54) is 10.9 Å². The van der Waals surface area contributed by atoms with Crippen LogP contribution in [0.15, 0.2) is 28.0 Å². The molecule has 0 bridgehead atoms. The molecule has 0 heterocycles. The van der Waals surface area contributed by atoms with E-state index in [0.29, 0.717) is 0 Å². The largest absolute Gasteiger partial charge is 0.519 e. The van der Waals surface area contributed by atoms with Crippen molar-refractivity contribution in [2.24, 2.45) is 3.77 Å². The number of methoxy groups -OCH3 is 1. The van der Waals surface area contributed by atoms with Crippen molar-refractivity contribution in [1.29, 1.82) is 0 Å². The first-order chi connectivity index (χ1) is 10.2. The maximum absolute atomic E-state index is 12.7. The number of alkyl halides is 6. The molecule has 23 heavy (non-hydrogen) atoms. The van der Waals surface area contributed by atoms with Crippen LogP contribution in [0.5, 0.6) is 11.5 Å². The molecule has 0 aliphatic carbocycles. The quantitative estimate of drug-likeness (QED) is 0.742. The second-order valence-corrected chi connectivity index (χ2v) is 7.26. The average molecular weight is 387 g/mol. The fourth-order valence-corrected chi connectivity index (χ4v) is 3.34. The molecule has 0 saturated carbocycles. The zero-order chi connectivity index (χ0) is 18.1. The lowest BCUT2D eigenvalue weighted by Crippen LogP contribution is -2.32. The Morgan fingerprint density at radius 1 is 0.870 bits per heavy atom.